The smallest absolute Gasteiger partial charge is 0.415 e. The molecule has 32 heavy (non-hydrogen) atoms. The highest BCUT2D eigenvalue weighted by molar-refractivity contribution is 9.10. The van der Waals surface area contributed by atoms with E-state index in [1.807, 2.05) is 0 Å². The van der Waals surface area contributed by atoms with Gasteiger partial charge in [-0.25, -0.2) is 18.1 Å². The van der Waals surface area contributed by atoms with Gasteiger partial charge in [-0.05, 0) is 79.5 Å². The SMILES string of the molecule is CC(C)(C)OC(=O)N(C=S(=O)=O)C1([C@](C)(N[S@](=O)C(C)(C)C)c2cc(Br)ccc2F)CC1. The van der Waals surface area contributed by atoms with Crippen LogP contribution in [0.3, 0.4) is 0 Å². The first-order valence-electron chi connectivity index (χ1n) is 10.0. The van der Waals surface area contributed by atoms with Crippen molar-refractivity contribution < 1.29 is 26.5 Å². The second-order valence-electron chi connectivity index (χ2n) is 9.98. The minimum atomic E-state index is -2.74. The second kappa shape index (κ2) is 9.15. The molecule has 1 N–H and O–H groups in total. The van der Waals surface area contributed by atoms with Crippen LogP contribution in [0.15, 0.2) is 22.7 Å². The summed E-state index contributed by atoms with van der Waals surface area (Å²) in [6, 6.07) is 4.34. The lowest BCUT2D eigenvalue weighted by molar-refractivity contribution is 0.0219. The number of ether oxygens (including phenoxy) is 1. The van der Waals surface area contributed by atoms with E-state index in [0.29, 0.717) is 17.3 Å². The van der Waals surface area contributed by atoms with E-state index in [1.165, 1.54) is 12.1 Å². The van der Waals surface area contributed by atoms with Gasteiger partial charge in [0.05, 0.1) is 26.8 Å². The third-order valence-corrected chi connectivity index (χ3v) is 7.80. The summed E-state index contributed by atoms with van der Waals surface area (Å²) in [5.74, 6) is -0.576. The van der Waals surface area contributed by atoms with E-state index in [-0.39, 0.29) is 5.56 Å². The highest BCUT2D eigenvalue weighted by Gasteiger charge is 2.65. The minimum absolute atomic E-state index is 0.153. The molecule has 0 saturated heterocycles. The van der Waals surface area contributed by atoms with E-state index in [2.05, 4.69) is 20.7 Å². The maximum atomic E-state index is 15.1. The molecule has 180 valence electrons. The number of benzene rings is 1. The van der Waals surface area contributed by atoms with E-state index in [9.17, 15) is 17.4 Å². The summed E-state index contributed by atoms with van der Waals surface area (Å²) in [5, 5.41) is 0. The summed E-state index contributed by atoms with van der Waals surface area (Å²) < 4.78 is 60.0. The molecule has 0 heterocycles. The highest BCUT2D eigenvalue weighted by atomic mass is 79.9. The van der Waals surface area contributed by atoms with E-state index in [0.717, 1.165) is 10.4 Å². The van der Waals surface area contributed by atoms with Crippen LogP contribution in [0.4, 0.5) is 9.18 Å². The molecule has 0 aromatic heterocycles. The van der Waals surface area contributed by atoms with E-state index in [1.54, 1.807) is 54.5 Å². The van der Waals surface area contributed by atoms with Gasteiger partial charge in [0.15, 0.2) is 0 Å². The first-order valence-corrected chi connectivity index (χ1v) is 13.1. The number of halogens is 2. The van der Waals surface area contributed by atoms with Gasteiger partial charge in [-0.15, -0.1) is 0 Å². The normalized spacial score (nSPS) is 18.3. The van der Waals surface area contributed by atoms with Gasteiger partial charge < -0.3 is 4.74 Å². The predicted octanol–water partition coefficient (Wildman–Crippen LogP) is 4.26. The van der Waals surface area contributed by atoms with Crippen molar-refractivity contribution in [3.63, 3.8) is 0 Å². The Morgan fingerprint density at radius 2 is 1.72 bits per heavy atom. The van der Waals surface area contributed by atoms with Gasteiger partial charge in [0.25, 0.3) is 0 Å². The molecular weight excluding hydrogens is 523 g/mol. The van der Waals surface area contributed by atoms with E-state index < -0.39 is 54.6 Å². The first kappa shape index (κ1) is 26.9. The van der Waals surface area contributed by atoms with Crippen LogP contribution in [0.5, 0.6) is 0 Å². The summed E-state index contributed by atoms with van der Waals surface area (Å²) in [6.45, 7) is 11.9. The lowest BCUT2D eigenvalue weighted by atomic mass is 9.82. The lowest BCUT2D eigenvalue weighted by Gasteiger charge is -2.45. The standard InChI is InChI=1S/C21H30BrFN2O5S2/c1-18(2,3)30-17(26)25(13-31(27)28)21(10-11-21)20(7,24-32(29)19(4,5)6)15-12-14(22)8-9-16(15)23/h8-9,12-13,24H,10-11H2,1-7H3/t20-,32-/m1/s1. The summed E-state index contributed by atoms with van der Waals surface area (Å²) >= 11 is 3.35. The maximum absolute atomic E-state index is 15.1. The van der Waals surface area contributed by atoms with Crippen LogP contribution in [-0.4, -0.2) is 45.0 Å². The monoisotopic (exact) mass is 552 g/mol. The van der Waals surface area contributed by atoms with Gasteiger partial charge in [0.2, 0.25) is 10.3 Å². The summed E-state index contributed by atoms with van der Waals surface area (Å²) in [5.41, 5.74) is -2.62. The number of nitrogens with one attached hydrogen (secondary N) is 1. The molecule has 2 atom stereocenters. The minimum Gasteiger partial charge on any atom is -0.443 e. The molecule has 0 spiro atoms. The fourth-order valence-corrected chi connectivity index (χ4v) is 5.23. The molecule has 1 fully saturated rings. The van der Waals surface area contributed by atoms with Crippen molar-refractivity contribution in [3.05, 3.63) is 34.1 Å². The van der Waals surface area contributed by atoms with Gasteiger partial charge in [0.1, 0.15) is 16.9 Å². The number of amides is 1. The van der Waals surface area contributed by atoms with Crippen molar-refractivity contribution in [2.45, 2.75) is 82.7 Å². The van der Waals surface area contributed by atoms with Gasteiger partial charge in [0, 0.05) is 10.0 Å². The quantitative estimate of drug-likeness (QED) is 0.532. The summed E-state index contributed by atoms with van der Waals surface area (Å²) in [7, 11) is -4.41. The molecule has 1 saturated carbocycles. The molecule has 7 nitrogen and oxygen atoms in total. The maximum Gasteiger partial charge on any atom is 0.415 e. The van der Waals surface area contributed by atoms with Crippen molar-refractivity contribution in [3.8, 4) is 0 Å². The predicted molar refractivity (Wildman–Crippen MR) is 128 cm³/mol. The highest BCUT2D eigenvalue weighted by Crippen LogP contribution is 2.55. The Kier molecular flexibility index (Phi) is 7.71. The zero-order valence-corrected chi connectivity index (χ0v) is 22.5. The van der Waals surface area contributed by atoms with Crippen molar-refractivity contribution in [1.82, 2.24) is 9.62 Å². The van der Waals surface area contributed by atoms with Crippen molar-refractivity contribution >= 4 is 48.8 Å². The molecule has 1 aromatic rings. The van der Waals surface area contributed by atoms with Crippen LogP contribution in [-0.2, 0) is 31.6 Å². The average molecular weight is 554 g/mol. The molecule has 0 unspecified atom stereocenters. The number of rotatable bonds is 6. The van der Waals surface area contributed by atoms with E-state index >= 15 is 4.39 Å². The average Bonchev–Trinajstić information content (AvgIpc) is 3.41. The number of carbonyl (C=O) groups excluding carboxylic acids is 1. The summed E-state index contributed by atoms with van der Waals surface area (Å²) in [4.78, 5) is 14.1. The molecule has 1 aliphatic rings. The summed E-state index contributed by atoms with van der Waals surface area (Å²) in [6.07, 6.45) is -0.197. The number of hydrogen-bond donors (Lipinski definition) is 1. The number of nitrogens with zero attached hydrogens (tertiary/aromatic N) is 1. The van der Waals surface area contributed by atoms with Crippen molar-refractivity contribution in [2.75, 3.05) is 0 Å². The molecule has 11 heteroatoms. The fourth-order valence-electron chi connectivity index (χ4n) is 3.44. The molecule has 0 radical (unpaired) electrons. The van der Waals surface area contributed by atoms with Gasteiger partial charge >= 0.3 is 6.09 Å². The van der Waals surface area contributed by atoms with Crippen LogP contribution in [0, 0.1) is 5.82 Å². The van der Waals surface area contributed by atoms with Crippen LogP contribution < -0.4 is 4.72 Å². The Labute approximate surface area is 201 Å². The Hall–Kier alpha value is -1.30. The van der Waals surface area contributed by atoms with Gasteiger partial charge in [-0.2, -0.15) is 8.42 Å². The third-order valence-electron chi connectivity index (χ3n) is 5.22. The molecule has 1 aromatic carbocycles. The van der Waals surface area contributed by atoms with Gasteiger partial charge in [-0.1, -0.05) is 15.9 Å². The molecule has 1 amide bonds. The Balaban J connectivity index is 2.75. The van der Waals surface area contributed by atoms with Crippen LogP contribution in [0.1, 0.15) is 66.9 Å². The van der Waals surface area contributed by atoms with Crippen LogP contribution in [0.2, 0.25) is 0 Å². The van der Waals surface area contributed by atoms with Crippen molar-refractivity contribution in [2.24, 2.45) is 0 Å². The zero-order chi connectivity index (χ0) is 24.7. The molecule has 2 rings (SSSR count). The van der Waals surface area contributed by atoms with Crippen LogP contribution >= 0.6 is 15.9 Å². The molecule has 0 aliphatic heterocycles. The van der Waals surface area contributed by atoms with Crippen LogP contribution in [0.25, 0.3) is 0 Å². The Bertz CT molecular complexity index is 1050. The molecule has 1 aliphatic carbocycles. The Morgan fingerprint density at radius 3 is 2.16 bits per heavy atom. The zero-order valence-electron chi connectivity index (χ0n) is 19.3. The van der Waals surface area contributed by atoms with Crippen molar-refractivity contribution in [1.29, 1.82) is 0 Å². The number of hydrogen-bond acceptors (Lipinski definition) is 5. The topological polar surface area (TPSA) is 92.8 Å². The lowest BCUT2D eigenvalue weighted by Crippen LogP contribution is -2.62. The first-order chi connectivity index (χ1) is 14.4. The Morgan fingerprint density at radius 1 is 1.16 bits per heavy atom. The molecule has 0 bridgehead atoms. The third kappa shape index (κ3) is 5.78. The molecular formula is C21H30BrFN2O5S2. The largest absolute Gasteiger partial charge is 0.443 e. The van der Waals surface area contributed by atoms with Gasteiger partial charge in [-0.3, -0.25) is 4.90 Å². The number of carbonyl (C=O) groups is 1. The fraction of sp³-hybridized carbons (Fsp3) is 0.619. The second-order valence-corrected chi connectivity index (χ2v) is 13.6. The van der Waals surface area contributed by atoms with E-state index in [4.69, 9.17) is 4.74 Å².